The molecule has 236 valence electrons. The fourth-order valence-corrected chi connectivity index (χ4v) is 4.22. The number of benzene rings is 3. The highest BCUT2D eigenvalue weighted by Gasteiger charge is 2.41. The summed E-state index contributed by atoms with van der Waals surface area (Å²) in [6.45, 7) is 2.32. The number of carboxylic acids is 1. The number of carboxylic acid groups (broad SMARTS) is 1. The summed E-state index contributed by atoms with van der Waals surface area (Å²) in [6, 6.07) is 13.6. The number of anilines is 1. The lowest BCUT2D eigenvalue weighted by molar-refractivity contribution is -0.157. The van der Waals surface area contributed by atoms with Gasteiger partial charge in [0.05, 0.1) is 31.0 Å². The molecule has 0 fully saturated rings. The van der Waals surface area contributed by atoms with Gasteiger partial charge in [0.15, 0.2) is 23.0 Å². The second-order valence-electron chi connectivity index (χ2n) is 8.88. The minimum atomic E-state index is -2.34. The summed E-state index contributed by atoms with van der Waals surface area (Å²) in [4.78, 5) is 74.9. The van der Waals surface area contributed by atoms with Crippen LogP contribution in [0.2, 0.25) is 0 Å². The molecule has 0 spiro atoms. The van der Waals surface area contributed by atoms with Gasteiger partial charge in [-0.05, 0) is 71.1 Å². The number of halogens is 1. The second kappa shape index (κ2) is 15.5. The first-order valence-electron chi connectivity index (χ1n) is 12.8. The number of ether oxygens (including phenoxy) is 6. The van der Waals surface area contributed by atoms with Gasteiger partial charge in [-0.1, -0.05) is 12.1 Å². The number of para-hydroxylation sites is 1. The predicted octanol–water partition coefficient (Wildman–Crippen LogP) is 3.63. The molecule has 0 aliphatic rings. The average molecular weight is 735 g/mol. The lowest BCUT2D eigenvalue weighted by Crippen LogP contribution is -2.48. The number of carbonyl (C=O) groups excluding carboxylic acids is 5. The minimum absolute atomic E-state index is 0.0120. The molecule has 3 aromatic carbocycles. The van der Waals surface area contributed by atoms with Crippen LogP contribution in [0, 0.1) is 3.57 Å². The van der Waals surface area contributed by atoms with Gasteiger partial charge >= 0.3 is 29.8 Å². The quantitative estimate of drug-likeness (QED) is 0.156. The van der Waals surface area contributed by atoms with Gasteiger partial charge in [-0.2, -0.15) is 0 Å². The number of carbonyl (C=O) groups is 6. The maximum absolute atomic E-state index is 13.4. The fourth-order valence-electron chi connectivity index (χ4n) is 3.70. The van der Waals surface area contributed by atoms with E-state index < -0.39 is 48.0 Å². The molecule has 15 heteroatoms. The van der Waals surface area contributed by atoms with Gasteiger partial charge in [-0.25, -0.2) is 14.4 Å². The fraction of sp³-hybridized carbons (Fsp3) is 0.200. The number of esters is 4. The highest BCUT2D eigenvalue weighted by atomic mass is 127. The summed E-state index contributed by atoms with van der Waals surface area (Å²) in [6.07, 6.45) is -4.56. The second-order valence-corrected chi connectivity index (χ2v) is 10.0. The Bertz CT molecular complexity index is 1640. The van der Waals surface area contributed by atoms with E-state index in [0.717, 1.165) is 26.0 Å². The smallest absolute Gasteiger partial charge is 0.349 e. The zero-order valence-electron chi connectivity index (χ0n) is 24.2. The number of nitrogens with one attached hydrogen (secondary N) is 1. The number of methoxy groups -OCH3 is 2. The van der Waals surface area contributed by atoms with Crippen molar-refractivity contribution < 1.29 is 62.3 Å². The third kappa shape index (κ3) is 9.15. The minimum Gasteiger partial charge on any atom is -0.493 e. The van der Waals surface area contributed by atoms with Crippen LogP contribution in [0.4, 0.5) is 5.69 Å². The molecule has 3 rings (SSSR count). The molecule has 0 heterocycles. The van der Waals surface area contributed by atoms with E-state index in [1.165, 1.54) is 44.6 Å². The molecule has 0 aliphatic heterocycles. The Balaban J connectivity index is 1.98. The Hall–Kier alpha value is -5.19. The summed E-state index contributed by atoms with van der Waals surface area (Å²) in [5, 5.41) is 12.5. The van der Waals surface area contributed by atoms with E-state index in [-0.39, 0.29) is 39.8 Å². The lowest BCUT2D eigenvalue weighted by atomic mass is 10.1. The molecule has 2 N–H and O–H groups in total. The lowest BCUT2D eigenvalue weighted by Gasteiger charge is -2.24. The van der Waals surface area contributed by atoms with Gasteiger partial charge in [-0.15, -0.1) is 0 Å². The number of hydrogen-bond acceptors (Lipinski definition) is 12. The molecule has 0 unspecified atom stereocenters. The Morgan fingerprint density at radius 3 is 1.58 bits per heavy atom. The Kier molecular flexibility index (Phi) is 11.8. The zero-order valence-corrected chi connectivity index (χ0v) is 26.3. The van der Waals surface area contributed by atoms with Crippen molar-refractivity contribution in [3.8, 4) is 23.0 Å². The van der Waals surface area contributed by atoms with Crippen LogP contribution in [0.3, 0.4) is 0 Å². The highest BCUT2D eigenvalue weighted by molar-refractivity contribution is 14.1. The maximum Gasteiger partial charge on any atom is 0.349 e. The number of rotatable bonds is 12. The molecule has 2 atom stereocenters. The Morgan fingerprint density at radius 1 is 0.689 bits per heavy atom. The monoisotopic (exact) mass is 735 g/mol. The van der Waals surface area contributed by atoms with Crippen LogP contribution in [0.25, 0.3) is 0 Å². The van der Waals surface area contributed by atoms with Gasteiger partial charge in [0, 0.05) is 17.4 Å². The normalized spacial score (nSPS) is 11.7. The molecule has 0 saturated heterocycles. The Labute approximate surface area is 269 Å². The first kappa shape index (κ1) is 34.3. The number of amides is 1. The first-order chi connectivity index (χ1) is 21.3. The van der Waals surface area contributed by atoms with Gasteiger partial charge in [0.25, 0.3) is 5.91 Å². The van der Waals surface area contributed by atoms with Crippen molar-refractivity contribution in [3.05, 3.63) is 75.4 Å². The van der Waals surface area contributed by atoms with Crippen molar-refractivity contribution in [2.45, 2.75) is 26.1 Å². The molecule has 0 saturated carbocycles. The van der Waals surface area contributed by atoms with Gasteiger partial charge < -0.3 is 38.8 Å². The highest BCUT2D eigenvalue weighted by Crippen LogP contribution is 2.30. The molecular formula is C30H26INO13. The topological polar surface area (TPSA) is 190 Å². The van der Waals surface area contributed by atoms with Crippen molar-refractivity contribution in [1.82, 2.24) is 0 Å². The molecule has 45 heavy (non-hydrogen) atoms. The first-order valence-corrected chi connectivity index (χ1v) is 13.9. The van der Waals surface area contributed by atoms with Crippen molar-refractivity contribution >= 4 is 64.0 Å². The molecule has 1 amide bonds. The van der Waals surface area contributed by atoms with E-state index in [9.17, 15) is 33.9 Å². The molecular weight excluding hydrogens is 709 g/mol. The largest absolute Gasteiger partial charge is 0.493 e. The van der Waals surface area contributed by atoms with Crippen LogP contribution < -0.4 is 24.3 Å². The number of hydrogen-bond donors (Lipinski definition) is 2. The third-order valence-electron chi connectivity index (χ3n) is 5.68. The van der Waals surface area contributed by atoms with E-state index in [1.54, 1.807) is 18.2 Å². The van der Waals surface area contributed by atoms with Gasteiger partial charge in [0.2, 0.25) is 12.2 Å². The van der Waals surface area contributed by atoms with E-state index in [0.29, 0.717) is 3.57 Å². The van der Waals surface area contributed by atoms with Crippen LogP contribution in [0.5, 0.6) is 23.0 Å². The van der Waals surface area contributed by atoms with Crippen LogP contribution in [0.15, 0.2) is 60.7 Å². The van der Waals surface area contributed by atoms with Crippen LogP contribution in [-0.4, -0.2) is 67.3 Å². The molecule has 0 aliphatic carbocycles. The molecule has 0 radical (unpaired) electrons. The molecule has 3 aromatic rings. The Morgan fingerprint density at radius 2 is 1.16 bits per heavy atom. The summed E-state index contributed by atoms with van der Waals surface area (Å²) in [5.41, 5.74) is -0.184. The van der Waals surface area contributed by atoms with Crippen molar-refractivity contribution in [3.63, 3.8) is 0 Å². The van der Waals surface area contributed by atoms with Crippen LogP contribution >= 0.6 is 22.6 Å². The summed E-state index contributed by atoms with van der Waals surface area (Å²) in [7, 11) is 2.50. The summed E-state index contributed by atoms with van der Waals surface area (Å²) in [5.74, 6) is -6.78. The third-order valence-corrected chi connectivity index (χ3v) is 6.62. The van der Waals surface area contributed by atoms with Gasteiger partial charge in [-0.3, -0.25) is 14.4 Å². The van der Waals surface area contributed by atoms with Crippen molar-refractivity contribution in [2.75, 3.05) is 19.5 Å². The summed E-state index contributed by atoms with van der Waals surface area (Å²) >= 11 is 1.93. The molecule has 0 aromatic heterocycles. The average Bonchev–Trinajstić information content (AvgIpc) is 2.99. The maximum atomic E-state index is 13.4. The predicted molar refractivity (Wildman–Crippen MR) is 162 cm³/mol. The van der Waals surface area contributed by atoms with Crippen LogP contribution in [0.1, 0.15) is 34.6 Å². The zero-order chi connectivity index (χ0) is 33.3. The van der Waals surface area contributed by atoms with Crippen molar-refractivity contribution in [1.29, 1.82) is 0 Å². The SMILES string of the molecule is COc1cc(C(=O)O[C@H](C(=O)Nc2ccccc2I)[C@@H](OC(=O)c2ccc(OC(C)=O)c(OC)c2)C(=O)O)ccc1OC(C)=O. The molecule has 0 bridgehead atoms. The van der Waals surface area contributed by atoms with E-state index in [4.69, 9.17) is 28.4 Å². The standard InChI is InChI=1S/C30H26INO13/c1-15(33)42-21-11-9-17(13-23(21)40-3)29(38)44-25(27(35)32-20-8-6-5-7-19(20)31)26(28(36)37)45-30(39)18-10-12-22(43-16(2)34)24(14-18)41-4/h5-14,25-26H,1-4H3,(H,32,35)(H,36,37)/t25-,26+/m0/s1. The van der Waals surface area contributed by atoms with E-state index in [2.05, 4.69) is 5.32 Å². The van der Waals surface area contributed by atoms with Crippen LogP contribution in [-0.2, 0) is 28.7 Å². The van der Waals surface area contributed by atoms with E-state index in [1.807, 2.05) is 22.6 Å². The van der Waals surface area contributed by atoms with E-state index >= 15 is 0 Å². The van der Waals surface area contributed by atoms with Crippen molar-refractivity contribution in [2.24, 2.45) is 0 Å². The number of aliphatic carboxylic acids is 1. The molecule has 14 nitrogen and oxygen atoms in total. The van der Waals surface area contributed by atoms with Gasteiger partial charge in [0.1, 0.15) is 0 Å². The summed E-state index contributed by atoms with van der Waals surface area (Å²) < 4.78 is 31.4.